The Kier molecular flexibility index (Phi) is 8.40. The van der Waals surface area contributed by atoms with Gasteiger partial charge in [0.15, 0.2) is 27.3 Å². The van der Waals surface area contributed by atoms with Gasteiger partial charge in [-0.15, -0.1) is 0 Å². The number of nitrogens with one attached hydrogen (secondary N) is 2. The van der Waals surface area contributed by atoms with Crippen LogP contribution in [-0.4, -0.2) is 62.2 Å². The van der Waals surface area contributed by atoms with Gasteiger partial charge in [-0.1, -0.05) is 11.6 Å². The first-order chi connectivity index (χ1) is 18.4. The molecule has 0 radical (unpaired) electrons. The van der Waals surface area contributed by atoms with E-state index in [1.54, 1.807) is 4.90 Å². The number of nitrogens with zero attached hydrogens (tertiary/aromatic N) is 1. The molecule has 2 heterocycles. The molecule has 4 rings (SSSR count). The number of amides is 3. The highest BCUT2D eigenvalue weighted by Gasteiger charge is 2.47. The number of rotatable bonds is 7. The van der Waals surface area contributed by atoms with Crippen LogP contribution < -0.4 is 10.6 Å². The van der Waals surface area contributed by atoms with Gasteiger partial charge < -0.3 is 20.3 Å². The number of hydrogen-bond donors (Lipinski definition) is 2. The van der Waals surface area contributed by atoms with E-state index in [1.165, 1.54) is 19.2 Å². The Balaban J connectivity index is 1.49. The van der Waals surface area contributed by atoms with E-state index in [0.717, 1.165) is 6.07 Å². The number of ether oxygens (including phenoxy) is 1. The number of sulfone groups is 1. The standard InChI is InChI=1S/C25H25ClF3N3O6S/c1-38-25(35)30-7-6-22(33)32-15-3-4-16(32)12-17(11-15)39(36,37)21-8-13(2-5-18(21)26)24(34)31-14-9-19(27)23(29)20(28)10-14/h2,5,8-10,15-17H,3-4,6-7,11-12H2,1H3,(H,30,35)(H,31,34)/t15-,16?,17?/m0/s1. The number of anilines is 1. The van der Waals surface area contributed by atoms with Gasteiger partial charge in [0.2, 0.25) is 5.91 Å². The number of carbonyl (C=O) groups excluding carboxylic acids is 3. The minimum atomic E-state index is -4.04. The van der Waals surface area contributed by atoms with Crippen LogP contribution in [0.2, 0.25) is 5.02 Å². The van der Waals surface area contributed by atoms with Crippen LogP contribution in [0.5, 0.6) is 0 Å². The van der Waals surface area contributed by atoms with Crippen LogP contribution in [0, 0.1) is 17.5 Å². The molecular weight excluding hydrogens is 563 g/mol. The molecule has 2 N–H and O–H groups in total. The zero-order chi connectivity index (χ0) is 28.5. The lowest BCUT2D eigenvalue weighted by Crippen LogP contribution is -2.50. The van der Waals surface area contributed by atoms with Crippen LogP contribution in [-0.2, 0) is 19.4 Å². The smallest absolute Gasteiger partial charge is 0.406 e. The number of fused-ring (bicyclic) bond motifs is 2. The van der Waals surface area contributed by atoms with E-state index >= 15 is 0 Å². The number of halogens is 4. The summed E-state index contributed by atoms with van der Waals surface area (Å²) in [6, 6.07) is 4.16. The maximum absolute atomic E-state index is 13.6. The molecule has 2 saturated heterocycles. The SMILES string of the molecule is COC(=O)NCCC(=O)N1C2CC[C@H]1CC(S(=O)(=O)c1cc(C(=O)Nc3cc(F)c(F)c(F)c3)ccc1Cl)C2. The summed E-state index contributed by atoms with van der Waals surface area (Å²) in [5, 5.41) is 3.69. The third-order valence-corrected chi connectivity index (χ3v) is 9.61. The third-order valence-electron chi connectivity index (χ3n) is 6.95. The zero-order valence-corrected chi connectivity index (χ0v) is 22.3. The molecule has 210 valence electrons. The van der Waals surface area contributed by atoms with Crippen molar-refractivity contribution in [3.8, 4) is 0 Å². The van der Waals surface area contributed by atoms with E-state index in [1.807, 2.05) is 0 Å². The van der Waals surface area contributed by atoms with Crippen molar-refractivity contribution in [2.75, 3.05) is 19.0 Å². The van der Waals surface area contributed by atoms with Crippen molar-refractivity contribution in [2.24, 2.45) is 0 Å². The van der Waals surface area contributed by atoms with Crippen molar-refractivity contribution in [1.82, 2.24) is 10.2 Å². The lowest BCUT2D eigenvalue weighted by molar-refractivity contribution is -0.135. The Labute approximate surface area is 227 Å². The lowest BCUT2D eigenvalue weighted by Gasteiger charge is -2.39. The molecule has 0 aromatic heterocycles. The van der Waals surface area contributed by atoms with E-state index in [4.69, 9.17) is 11.6 Å². The average Bonchev–Trinajstić information content (AvgIpc) is 3.15. The van der Waals surface area contributed by atoms with E-state index in [2.05, 4.69) is 15.4 Å². The molecule has 3 atom stereocenters. The average molecular weight is 588 g/mol. The molecule has 0 saturated carbocycles. The fraction of sp³-hybridized carbons (Fsp3) is 0.400. The first-order valence-electron chi connectivity index (χ1n) is 12.0. The molecule has 14 heteroatoms. The van der Waals surface area contributed by atoms with Gasteiger partial charge in [-0.3, -0.25) is 9.59 Å². The molecule has 0 aliphatic carbocycles. The number of methoxy groups -OCH3 is 1. The Morgan fingerprint density at radius 2 is 1.67 bits per heavy atom. The first-order valence-corrected chi connectivity index (χ1v) is 14.0. The van der Waals surface area contributed by atoms with E-state index in [-0.39, 0.29) is 65.0 Å². The number of piperidine rings is 1. The highest BCUT2D eigenvalue weighted by Crippen LogP contribution is 2.41. The molecule has 2 aromatic rings. The molecule has 0 spiro atoms. The summed E-state index contributed by atoms with van der Waals surface area (Å²) in [7, 11) is -2.83. The lowest BCUT2D eigenvalue weighted by atomic mass is 10.0. The molecule has 2 aliphatic heterocycles. The van der Waals surface area contributed by atoms with Crippen LogP contribution in [0.25, 0.3) is 0 Å². The van der Waals surface area contributed by atoms with Crippen molar-refractivity contribution in [2.45, 2.75) is 54.3 Å². The van der Waals surface area contributed by atoms with Gasteiger partial charge in [0.05, 0.1) is 22.3 Å². The summed E-state index contributed by atoms with van der Waals surface area (Å²) in [5.41, 5.74) is -0.497. The minimum Gasteiger partial charge on any atom is -0.453 e. The second kappa shape index (κ2) is 11.4. The van der Waals surface area contributed by atoms with Crippen LogP contribution in [0.3, 0.4) is 0 Å². The highest BCUT2D eigenvalue weighted by molar-refractivity contribution is 7.92. The third kappa shape index (κ3) is 5.98. The van der Waals surface area contributed by atoms with Crippen LogP contribution in [0.4, 0.5) is 23.7 Å². The van der Waals surface area contributed by atoms with Gasteiger partial charge in [-0.05, 0) is 43.9 Å². The molecule has 2 bridgehead atoms. The Hall–Kier alpha value is -3.32. The van der Waals surface area contributed by atoms with Gasteiger partial charge in [0.25, 0.3) is 5.91 Å². The Morgan fingerprint density at radius 3 is 2.26 bits per heavy atom. The van der Waals surface area contributed by atoms with E-state index in [0.29, 0.717) is 25.0 Å². The number of hydrogen-bond acceptors (Lipinski definition) is 6. The number of benzene rings is 2. The van der Waals surface area contributed by atoms with Gasteiger partial charge in [0, 0.05) is 48.4 Å². The molecule has 2 aliphatic rings. The van der Waals surface area contributed by atoms with Gasteiger partial charge in [0.1, 0.15) is 0 Å². The predicted octanol–water partition coefficient (Wildman–Crippen LogP) is 4.05. The maximum atomic E-state index is 13.6. The normalized spacial score (nSPS) is 20.4. The number of carbonyl (C=O) groups is 3. The molecule has 2 unspecified atom stereocenters. The Morgan fingerprint density at radius 1 is 1.05 bits per heavy atom. The fourth-order valence-electron chi connectivity index (χ4n) is 5.13. The molecule has 2 aromatic carbocycles. The summed E-state index contributed by atoms with van der Waals surface area (Å²) in [5.74, 6) is -5.75. The highest BCUT2D eigenvalue weighted by atomic mass is 35.5. The molecule has 9 nitrogen and oxygen atoms in total. The molecule has 2 fully saturated rings. The predicted molar refractivity (Wildman–Crippen MR) is 135 cm³/mol. The van der Waals surface area contributed by atoms with Crippen LogP contribution in [0.1, 0.15) is 42.5 Å². The van der Waals surface area contributed by atoms with Crippen LogP contribution in [0.15, 0.2) is 35.2 Å². The molecule has 3 amide bonds. The topological polar surface area (TPSA) is 122 Å². The summed E-state index contributed by atoms with van der Waals surface area (Å²) in [6.07, 6.45) is 1.01. The summed E-state index contributed by atoms with van der Waals surface area (Å²) < 4.78 is 72.0. The number of alkyl carbamates (subject to hydrolysis) is 1. The van der Waals surface area contributed by atoms with Crippen LogP contribution >= 0.6 is 11.6 Å². The van der Waals surface area contributed by atoms with Gasteiger partial charge in [-0.25, -0.2) is 26.4 Å². The summed E-state index contributed by atoms with van der Waals surface area (Å²) in [4.78, 5) is 38.1. The molecule has 39 heavy (non-hydrogen) atoms. The van der Waals surface area contributed by atoms with Crippen molar-refractivity contribution in [3.63, 3.8) is 0 Å². The minimum absolute atomic E-state index is 0.0460. The van der Waals surface area contributed by atoms with Crippen molar-refractivity contribution >= 4 is 45.0 Å². The second-order valence-electron chi connectivity index (χ2n) is 9.35. The van der Waals surface area contributed by atoms with Crippen molar-refractivity contribution < 1.29 is 40.7 Å². The quantitative estimate of drug-likeness (QED) is 0.471. The maximum Gasteiger partial charge on any atom is 0.406 e. The summed E-state index contributed by atoms with van der Waals surface area (Å²) >= 11 is 6.23. The first kappa shape index (κ1) is 28.7. The van der Waals surface area contributed by atoms with E-state index in [9.17, 15) is 36.0 Å². The van der Waals surface area contributed by atoms with E-state index < -0.39 is 44.5 Å². The fourth-order valence-corrected chi connectivity index (χ4v) is 7.51. The van der Waals surface area contributed by atoms with Crippen molar-refractivity contribution in [3.05, 3.63) is 58.4 Å². The zero-order valence-electron chi connectivity index (χ0n) is 20.7. The largest absolute Gasteiger partial charge is 0.453 e. The van der Waals surface area contributed by atoms with Gasteiger partial charge in [-0.2, -0.15) is 0 Å². The second-order valence-corrected chi connectivity index (χ2v) is 11.9. The monoisotopic (exact) mass is 587 g/mol. The van der Waals surface area contributed by atoms with Gasteiger partial charge >= 0.3 is 6.09 Å². The van der Waals surface area contributed by atoms with Crippen molar-refractivity contribution in [1.29, 1.82) is 0 Å². The Bertz CT molecular complexity index is 1390. The summed E-state index contributed by atoms with van der Waals surface area (Å²) in [6.45, 7) is 0.0881. The molecular formula is C25H25ClF3N3O6S.